The van der Waals surface area contributed by atoms with E-state index in [1.165, 1.54) is 12.1 Å². The number of aromatic nitrogens is 2. The van der Waals surface area contributed by atoms with Crippen LogP contribution in [0.4, 0.5) is 13.2 Å². The second kappa shape index (κ2) is 7.51. The molecule has 2 heterocycles. The van der Waals surface area contributed by atoms with E-state index in [1.807, 2.05) is 48.5 Å². The Bertz CT molecular complexity index is 1310. The third-order valence-corrected chi connectivity index (χ3v) is 6.04. The summed E-state index contributed by atoms with van der Waals surface area (Å²) in [5.41, 5.74) is 3.15. The lowest BCUT2D eigenvalue weighted by atomic mass is 9.87. The third kappa shape index (κ3) is 3.34. The zero-order chi connectivity index (χ0) is 22.5. The van der Waals surface area contributed by atoms with Crippen LogP contribution in [0.3, 0.4) is 0 Å². The number of hydrogen-bond acceptors (Lipinski definition) is 2. The van der Waals surface area contributed by atoms with Crippen molar-refractivity contribution >= 4 is 16.8 Å². The van der Waals surface area contributed by atoms with Crippen LogP contribution in [0.2, 0.25) is 0 Å². The van der Waals surface area contributed by atoms with Crippen LogP contribution in [0.5, 0.6) is 0 Å². The predicted octanol–water partition coefficient (Wildman–Crippen LogP) is 5.38. The minimum Gasteiger partial charge on any atom is -0.326 e. The van der Waals surface area contributed by atoms with Gasteiger partial charge in [-0.15, -0.1) is 0 Å². The van der Waals surface area contributed by atoms with E-state index in [1.54, 1.807) is 16.6 Å². The summed E-state index contributed by atoms with van der Waals surface area (Å²) < 4.78 is 40.9. The van der Waals surface area contributed by atoms with E-state index in [0.717, 1.165) is 34.2 Å². The Balaban J connectivity index is 1.62. The number of amides is 1. The lowest BCUT2D eigenvalue weighted by molar-refractivity contribution is -0.137. The quantitative estimate of drug-likeness (QED) is 0.424. The highest BCUT2D eigenvalue weighted by Crippen LogP contribution is 2.38. The molecule has 3 aromatic carbocycles. The molecule has 0 fully saturated rings. The Hall–Kier alpha value is -3.61. The zero-order valence-electron chi connectivity index (χ0n) is 17.3. The lowest BCUT2D eigenvalue weighted by Gasteiger charge is -2.38. The summed E-state index contributed by atoms with van der Waals surface area (Å²) in [7, 11) is 1.73. The standard InChI is InChI=1S/C25H20F3N3O/c1-30-23(20-8-4-5-9-21(20)29-30)24(32)31-15-14-16-6-2-3-7-19(16)22(31)17-10-12-18(13-11-17)25(26,27)28/h2-13,22H,14-15H2,1H3/t22-/m1/s1. The number of carbonyl (C=O) groups excluding carboxylic acids is 1. The molecule has 1 amide bonds. The topological polar surface area (TPSA) is 38.1 Å². The van der Waals surface area contributed by atoms with Crippen molar-refractivity contribution in [3.05, 3.63) is 101 Å². The summed E-state index contributed by atoms with van der Waals surface area (Å²) in [6, 6.07) is 19.8. The number of carbonyl (C=O) groups is 1. The molecule has 4 aromatic rings. The smallest absolute Gasteiger partial charge is 0.326 e. The number of rotatable bonds is 2. The molecule has 32 heavy (non-hydrogen) atoms. The van der Waals surface area contributed by atoms with Crippen molar-refractivity contribution in [2.75, 3.05) is 6.54 Å². The number of benzene rings is 3. The molecular formula is C25H20F3N3O. The monoisotopic (exact) mass is 435 g/mol. The lowest BCUT2D eigenvalue weighted by Crippen LogP contribution is -2.41. The van der Waals surface area contributed by atoms with Crippen LogP contribution < -0.4 is 0 Å². The summed E-state index contributed by atoms with van der Waals surface area (Å²) in [4.78, 5) is 15.5. The molecule has 162 valence electrons. The van der Waals surface area contributed by atoms with Gasteiger partial charge in [-0.2, -0.15) is 18.3 Å². The molecule has 7 heteroatoms. The Kier molecular flexibility index (Phi) is 4.77. The van der Waals surface area contributed by atoms with Crippen LogP contribution in [0.1, 0.15) is 38.8 Å². The molecule has 0 aliphatic carbocycles. The van der Waals surface area contributed by atoms with E-state index in [4.69, 9.17) is 0 Å². The molecule has 0 saturated heterocycles. The first-order chi connectivity index (χ1) is 15.3. The van der Waals surface area contributed by atoms with Crippen LogP contribution in [-0.4, -0.2) is 27.1 Å². The van der Waals surface area contributed by atoms with Crippen molar-refractivity contribution in [3.8, 4) is 0 Å². The zero-order valence-corrected chi connectivity index (χ0v) is 17.3. The van der Waals surface area contributed by atoms with Crippen LogP contribution in [0, 0.1) is 0 Å². The molecule has 0 bridgehead atoms. The van der Waals surface area contributed by atoms with Crippen molar-refractivity contribution in [3.63, 3.8) is 0 Å². The van der Waals surface area contributed by atoms with Gasteiger partial charge in [0.25, 0.3) is 5.91 Å². The maximum Gasteiger partial charge on any atom is 0.416 e. The van der Waals surface area contributed by atoms with Gasteiger partial charge in [-0.3, -0.25) is 9.48 Å². The SMILES string of the molecule is Cn1nc2ccccc2c1C(=O)N1CCc2ccccc2[C@H]1c1ccc(C(F)(F)F)cc1. The molecule has 1 aromatic heterocycles. The Labute approximate surface area is 182 Å². The fraction of sp³-hybridized carbons (Fsp3) is 0.200. The van der Waals surface area contributed by atoms with Gasteiger partial charge in [0.2, 0.25) is 0 Å². The van der Waals surface area contributed by atoms with Gasteiger partial charge in [-0.1, -0.05) is 54.6 Å². The van der Waals surface area contributed by atoms with E-state index in [0.29, 0.717) is 24.2 Å². The summed E-state index contributed by atoms with van der Waals surface area (Å²) in [6.07, 6.45) is -3.74. The highest BCUT2D eigenvalue weighted by molar-refractivity contribution is 6.05. The molecule has 1 atom stereocenters. The second-order valence-electron chi connectivity index (χ2n) is 7.96. The first-order valence-corrected chi connectivity index (χ1v) is 10.3. The van der Waals surface area contributed by atoms with Gasteiger partial charge in [0.15, 0.2) is 0 Å². The van der Waals surface area contributed by atoms with E-state index in [-0.39, 0.29) is 5.91 Å². The van der Waals surface area contributed by atoms with Gasteiger partial charge in [0.05, 0.1) is 17.1 Å². The Morgan fingerprint density at radius 3 is 2.41 bits per heavy atom. The minimum absolute atomic E-state index is 0.194. The molecule has 0 saturated carbocycles. The van der Waals surface area contributed by atoms with E-state index >= 15 is 0 Å². The molecule has 1 aliphatic rings. The average Bonchev–Trinajstić information content (AvgIpc) is 3.13. The molecule has 1 aliphatic heterocycles. The molecule has 0 radical (unpaired) electrons. The molecular weight excluding hydrogens is 415 g/mol. The Morgan fingerprint density at radius 2 is 1.66 bits per heavy atom. The predicted molar refractivity (Wildman–Crippen MR) is 115 cm³/mol. The van der Waals surface area contributed by atoms with E-state index < -0.39 is 17.8 Å². The number of halogens is 3. The largest absolute Gasteiger partial charge is 0.416 e. The van der Waals surface area contributed by atoms with Gasteiger partial charge in [0.1, 0.15) is 5.69 Å². The summed E-state index contributed by atoms with van der Waals surface area (Å²) in [6.45, 7) is 0.459. The van der Waals surface area contributed by atoms with Gasteiger partial charge >= 0.3 is 6.18 Å². The highest BCUT2D eigenvalue weighted by atomic mass is 19.4. The van der Waals surface area contributed by atoms with Crippen molar-refractivity contribution in [1.82, 2.24) is 14.7 Å². The fourth-order valence-electron chi connectivity index (χ4n) is 4.54. The second-order valence-corrected chi connectivity index (χ2v) is 7.96. The van der Waals surface area contributed by atoms with Crippen LogP contribution in [0.25, 0.3) is 10.9 Å². The maximum absolute atomic E-state index is 13.8. The van der Waals surface area contributed by atoms with Crippen molar-refractivity contribution < 1.29 is 18.0 Å². The van der Waals surface area contributed by atoms with Gasteiger partial charge < -0.3 is 4.90 Å². The minimum atomic E-state index is -4.41. The van der Waals surface area contributed by atoms with Crippen LogP contribution in [0.15, 0.2) is 72.8 Å². The fourth-order valence-corrected chi connectivity index (χ4v) is 4.54. The average molecular weight is 435 g/mol. The van der Waals surface area contributed by atoms with E-state index in [2.05, 4.69) is 5.10 Å². The van der Waals surface area contributed by atoms with E-state index in [9.17, 15) is 18.0 Å². The molecule has 5 rings (SSSR count). The number of alkyl halides is 3. The van der Waals surface area contributed by atoms with Gasteiger partial charge in [-0.25, -0.2) is 0 Å². The third-order valence-electron chi connectivity index (χ3n) is 6.04. The first-order valence-electron chi connectivity index (χ1n) is 10.3. The van der Waals surface area contributed by atoms with Crippen LogP contribution in [-0.2, 0) is 19.6 Å². The normalized spacial score (nSPS) is 16.2. The summed E-state index contributed by atoms with van der Waals surface area (Å²) in [5, 5.41) is 5.21. The highest BCUT2D eigenvalue weighted by Gasteiger charge is 2.35. The van der Waals surface area contributed by atoms with Gasteiger partial charge in [-0.05, 0) is 41.3 Å². The first kappa shape index (κ1) is 20.3. The van der Waals surface area contributed by atoms with Crippen molar-refractivity contribution in [1.29, 1.82) is 0 Å². The van der Waals surface area contributed by atoms with Crippen molar-refractivity contribution in [2.24, 2.45) is 7.05 Å². The number of fused-ring (bicyclic) bond motifs is 2. The summed E-state index contributed by atoms with van der Waals surface area (Å²) in [5.74, 6) is -0.194. The molecule has 0 unspecified atom stereocenters. The van der Waals surface area contributed by atoms with Crippen molar-refractivity contribution in [2.45, 2.75) is 18.6 Å². The van der Waals surface area contributed by atoms with Gasteiger partial charge in [0, 0.05) is 19.0 Å². The molecule has 4 nitrogen and oxygen atoms in total. The number of nitrogens with zero attached hydrogens (tertiary/aromatic N) is 3. The number of hydrogen-bond donors (Lipinski definition) is 0. The summed E-state index contributed by atoms with van der Waals surface area (Å²) >= 11 is 0. The molecule has 0 spiro atoms. The number of aryl methyl sites for hydroxylation is 1. The maximum atomic E-state index is 13.8. The Morgan fingerprint density at radius 1 is 0.969 bits per heavy atom. The van der Waals surface area contributed by atoms with Crippen LogP contribution >= 0.6 is 0 Å². The molecule has 0 N–H and O–H groups in total.